The number of methoxy groups -OCH3 is 4. The van der Waals surface area contributed by atoms with E-state index >= 15 is 0 Å². The summed E-state index contributed by atoms with van der Waals surface area (Å²) < 4.78 is 20.5. The summed E-state index contributed by atoms with van der Waals surface area (Å²) in [5, 5.41) is 0. The molecule has 1 rings (SSSR count). The number of aldehydes is 2. The standard InChI is InChI=1S/C12H14O6/c1-15-9-7(5-13)8(6-14)10(16-2)12(18-4)11(9)17-3/h5-6H,1-4H3. The minimum absolute atomic E-state index is 0.0574. The highest BCUT2D eigenvalue weighted by atomic mass is 16.5. The lowest BCUT2D eigenvalue weighted by molar-refractivity contribution is 0.108. The van der Waals surface area contributed by atoms with Crippen LogP contribution in [0.5, 0.6) is 23.0 Å². The third-order valence-corrected chi connectivity index (χ3v) is 2.45. The summed E-state index contributed by atoms with van der Waals surface area (Å²) in [4.78, 5) is 22.2. The lowest BCUT2D eigenvalue weighted by Gasteiger charge is -2.18. The quantitative estimate of drug-likeness (QED) is 0.713. The maximum Gasteiger partial charge on any atom is 0.208 e. The highest BCUT2D eigenvalue weighted by molar-refractivity contribution is 5.98. The van der Waals surface area contributed by atoms with Crippen LogP contribution in [0.2, 0.25) is 0 Å². The van der Waals surface area contributed by atoms with Crippen molar-refractivity contribution >= 4 is 12.6 Å². The van der Waals surface area contributed by atoms with Gasteiger partial charge in [0.2, 0.25) is 11.5 Å². The monoisotopic (exact) mass is 254 g/mol. The summed E-state index contributed by atoms with van der Waals surface area (Å²) in [6.45, 7) is 0. The molecule has 0 amide bonds. The fourth-order valence-corrected chi connectivity index (χ4v) is 1.71. The van der Waals surface area contributed by atoms with Crippen molar-refractivity contribution < 1.29 is 28.5 Å². The van der Waals surface area contributed by atoms with E-state index in [9.17, 15) is 9.59 Å². The van der Waals surface area contributed by atoms with Gasteiger partial charge in [-0.2, -0.15) is 0 Å². The van der Waals surface area contributed by atoms with Gasteiger partial charge in [-0.3, -0.25) is 9.59 Å². The molecular formula is C12H14O6. The predicted molar refractivity (Wildman–Crippen MR) is 63.4 cm³/mol. The number of benzene rings is 1. The first-order valence-electron chi connectivity index (χ1n) is 5.00. The zero-order chi connectivity index (χ0) is 13.7. The molecule has 0 radical (unpaired) electrons. The first kappa shape index (κ1) is 13.8. The molecule has 0 atom stereocenters. The van der Waals surface area contributed by atoms with Gasteiger partial charge in [-0.15, -0.1) is 0 Å². The average Bonchev–Trinajstić information content (AvgIpc) is 2.43. The molecule has 0 spiro atoms. The molecule has 1 aromatic rings. The Morgan fingerprint density at radius 3 is 1.06 bits per heavy atom. The Hall–Kier alpha value is -2.24. The first-order valence-corrected chi connectivity index (χ1v) is 5.00. The first-order chi connectivity index (χ1) is 8.69. The minimum Gasteiger partial charge on any atom is -0.492 e. The number of hydrogen-bond acceptors (Lipinski definition) is 6. The van der Waals surface area contributed by atoms with Gasteiger partial charge < -0.3 is 18.9 Å². The van der Waals surface area contributed by atoms with Crippen LogP contribution in [-0.2, 0) is 0 Å². The summed E-state index contributed by atoms with van der Waals surface area (Å²) >= 11 is 0. The number of ether oxygens (including phenoxy) is 4. The summed E-state index contributed by atoms with van der Waals surface area (Å²) in [6.07, 6.45) is 1.01. The highest BCUT2D eigenvalue weighted by Crippen LogP contribution is 2.48. The Labute approximate surface area is 104 Å². The Kier molecular flexibility index (Phi) is 4.53. The molecule has 6 nitrogen and oxygen atoms in total. The molecule has 0 N–H and O–H groups in total. The molecular weight excluding hydrogens is 240 g/mol. The smallest absolute Gasteiger partial charge is 0.208 e. The molecule has 6 heteroatoms. The third kappa shape index (κ3) is 1.97. The van der Waals surface area contributed by atoms with E-state index in [1.54, 1.807) is 0 Å². The Bertz CT molecular complexity index is 423. The van der Waals surface area contributed by atoms with Gasteiger partial charge in [-0.25, -0.2) is 0 Å². The van der Waals surface area contributed by atoms with Crippen molar-refractivity contribution in [2.45, 2.75) is 0 Å². The molecule has 0 aliphatic heterocycles. The van der Waals surface area contributed by atoms with Crippen LogP contribution < -0.4 is 18.9 Å². The van der Waals surface area contributed by atoms with Gasteiger partial charge in [0.25, 0.3) is 0 Å². The van der Waals surface area contributed by atoms with Crippen LogP contribution in [0.15, 0.2) is 0 Å². The number of rotatable bonds is 6. The fourth-order valence-electron chi connectivity index (χ4n) is 1.71. The lowest BCUT2D eigenvalue weighted by atomic mass is 10.0. The van der Waals surface area contributed by atoms with Crippen LogP contribution >= 0.6 is 0 Å². The highest BCUT2D eigenvalue weighted by Gasteiger charge is 2.26. The molecule has 0 saturated heterocycles. The molecule has 0 aromatic heterocycles. The van der Waals surface area contributed by atoms with Gasteiger partial charge in [0, 0.05) is 0 Å². The van der Waals surface area contributed by atoms with Crippen molar-refractivity contribution in [3.63, 3.8) is 0 Å². The molecule has 0 aliphatic rings. The van der Waals surface area contributed by atoms with E-state index in [2.05, 4.69) is 0 Å². The van der Waals surface area contributed by atoms with Crippen molar-refractivity contribution in [1.82, 2.24) is 0 Å². The molecule has 0 fully saturated rings. The predicted octanol–water partition coefficient (Wildman–Crippen LogP) is 1.35. The second-order valence-electron chi connectivity index (χ2n) is 3.20. The van der Waals surface area contributed by atoms with E-state index in [-0.39, 0.29) is 34.1 Å². The van der Waals surface area contributed by atoms with Gasteiger partial charge in [0.05, 0.1) is 39.6 Å². The van der Waals surface area contributed by atoms with Crippen LogP contribution in [0, 0.1) is 0 Å². The normalized spacial score (nSPS) is 9.56. The summed E-state index contributed by atoms with van der Waals surface area (Å²) in [6, 6.07) is 0. The van der Waals surface area contributed by atoms with E-state index in [4.69, 9.17) is 18.9 Å². The van der Waals surface area contributed by atoms with Crippen LogP contribution in [0.4, 0.5) is 0 Å². The van der Waals surface area contributed by atoms with Crippen LogP contribution in [0.3, 0.4) is 0 Å². The molecule has 1 aromatic carbocycles. The zero-order valence-corrected chi connectivity index (χ0v) is 10.6. The third-order valence-electron chi connectivity index (χ3n) is 2.45. The number of hydrogen-bond donors (Lipinski definition) is 0. The molecule has 0 aliphatic carbocycles. The molecule has 0 heterocycles. The SMILES string of the molecule is COc1c(C=O)c(C=O)c(OC)c(OC)c1OC. The van der Waals surface area contributed by atoms with Crippen molar-refractivity contribution in [3.8, 4) is 23.0 Å². The van der Waals surface area contributed by atoms with Crippen molar-refractivity contribution in [2.75, 3.05) is 28.4 Å². The van der Waals surface area contributed by atoms with E-state index in [1.807, 2.05) is 0 Å². The topological polar surface area (TPSA) is 71.1 Å². The van der Waals surface area contributed by atoms with Gasteiger partial charge >= 0.3 is 0 Å². The van der Waals surface area contributed by atoms with E-state index < -0.39 is 0 Å². The van der Waals surface area contributed by atoms with Gasteiger partial charge in [-0.05, 0) is 0 Å². The average molecular weight is 254 g/mol. The fraction of sp³-hybridized carbons (Fsp3) is 0.333. The number of carbonyl (C=O) groups excluding carboxylic acids is 2. The largest absolute Gasteiger partial charge is 0.492 e. The van der Waals surface area contributed by atoms with Crippen molar-refractivity contribution in [1.29, 1.82) is 0 Å². The van der Waals surface area contributed by atoms with Crippen molar-refractivity contribution in [2.24, 2.45) is 0 Å². The summed E-state index contributed by atoms with van der Waals surface area (Å²) in [5.41, 5.74) is 0.115. The zero-order valence-electron chi connectivity index (χ0n) is 10.6. The van der Waals surface area contributed by atoms with Crippen LogP contribution in [0.25, 0.3) is 0 Å². The Balaban J connectivity index is 3.83. The van der Waals surface area contributed by atoms with E-state index in [0.717, 1.165) is 0 Å². The molecule has 0 bridgehead atoms. The van der Waals surface area contributed by atoms with E-state index in [0.29, 0.717) is 12.6 Å². The van der Waals surface area contributed by atoms with Gasteiger partial charge in [-0.1, -0.05) is 0 Å². The van der Waals surface area contributed by atoms with Gasteiger partial charge in [0.1, 0.15) is 0 Å². The van der Waals surface area contributed by atoms with Crippen LogP contribution in [-0.4, -0.2) is 41.0 Å². The second kappa shape index (κ2) is 5.90. The molecule has 0 unspecified atom stereocenters. The second-order valence-corrected chi connectivity index (χ2v) is 3.20. The summed E-state index contributed by atoms with van der Waals surface area (Å²) in [7, 11) is 5.53. The minimum atomic E-state index is 0.0574. The summed E-state index contributed by atoms with van der Waals surface area (Å²) in [5.74, 6) is 0.661. The Morgan fingerprint density at radius 2 is 0.889 bits per heavy atom. The lowest BCUT2D eigenvalue weighted by Crippen LogP contribution is -2.05. The maximum absolute atomic E-state index is 11.1. The maximum atomic E-state index is 11.1. The van der Waals surface area contributed by atoms with Gasteiger partial charge in [0.15, 0.2) is 24.1 Å². The number of carbonyl (C=O) groups is 2. The van der Waals surface area contributed by atoms with E-state index in [1.165, 1.54) is 28.4 Å². The van der Waals surface area contributed by atoms with Crippen molar-refractivity contribution in [3.05, 3.63) is 11.1 Å². The van der Waals surface area contributed by atoms with Crippen LogP contribution in [0.1, 0.15) is 20.7 Å². The molecule has 98 valence electrons. The molecule has 0 saturated carbocycles. The Morgan fingerprint density at radius 1 is 0.611 bits per heavy atom. The molecule has 18 heavy (non-hydrogen) atoms.